The number of anilines is 1. The van der Waals surface area contributed by atoms with Crippen molar-refractivity contribution in [1.29, 1.82) is 0 Å². The first-order valence-corrected chi connectivity index (χ1v) is 7.04. The lowest BCUT2D eigenvalue weighted by Gasteiger charge is -2.07. The van der Waals surface area contributed by atoms with Crippen LogP contribution in [0.3, 0.4) is 0 Å². The number of para-hydroxylation sites is 1. The van der Waals surface area contributed by atoms with Crippen LogP contribution in [-0.4, -0.2) is 24.5 Å². The van der Waals surface area contributed by atoms with E-state index in [1.807, 2.05) is 6.07 Å². The number of carbonyl (C=O) groups is 3. The van der Waals surface area contributed by atoms with Gasteiger partial charge in [0.1, 0.15) is 0 Å². The molecule has 0 spiro atoms. The van der Waals surface area contributed by atoms with E-state index in [4.69, 9.17) is 4.74 Å². The second-order valence-electron chi connectivity index (χ2n) is 4.57. The molecule has 2 N–H and O–H groups in total. The molecule has 0 aromatic heterocycles. The zero-order valence-corrected chi connectivity index (χ0v) is 12.5. The van der Waals surface area contributed by atoms with E-state index in [0.29, 0.717) is 11.3 Å². The Labute approximate surface area is 133 Å². The summed E-state index contributed by atoms with van der Waals surface area (Å²) in [5.41, 5.74) is 1.19. The second-order valence-corrected chi connectivity index (χ2v) is 4.57. The largest absolute Gasteiger partial charge is 0.462 e. The molecule has 0 heterocycles. The van der Waals surface area contributed by atoms with E-state index in [1.165, 1.54) is 24.3 Å². The van der Waals surface area contributed by atoms with Crippen LogP contribution in [0.15, 0.2) is 54.6 Å². The normalized spacial score (nSPS) is 9.78. The molecule has 2 aromatic rings. The fraction of sp³-hybridized carbons (Fsp3) is 0.118. The van der Waals surface area contributed by atoms with E-state index in [0.717, 1.165) is 0 Å². The highest BCUT2D eigenvalue weighted by atomic mass is 16.5. The Kier molecular flexibility index (Phi) is 5.46. The molecule has 0 bridgehead atoms. The number of hydrogen-bond acceptors (Lipinski definition) is 4. The molecular formula is C17H16N2O4. The summed E-state index contributed by atoms with van der Waals surface area (Å²) in [6.45, 7) is 1.99. The number of rotatable bonds is 4. The number of urea groups is 1. The number of benzene rings is 2. The van der Waals surface area contributed by atoms with Crippen LogP contribution in [-0.2, 0) is 4.74 Å². The molecule has 0 atom stereocenters. The van der Waals surface area contributed by atoms with E-state index < -0.39 is 17.9 Å². The van der Waals surface area contributed by atoms with Crippen molar-refractivity contribution >= 4 is 23.6 Å². The SMILES string of the molecule is CCOC(=O)c1ccc([13C](=O)NC(=O)Nc2ccccc2)cc1. The Bertz CT molecular complexity index is 696. The smallest absolute Gasteiger partial charge is 0.338 e. The number of hydrogen-bond donors (Lipinski definition) is 2. The lowest BCUT2D eigenvalue weighted by Crippen LogP contribution is -2.34. The Balaban J connectivity index is 1.95. The molecule has 2 rings (SSSR count). The first-order chi connectivity index (χ1) is 11.1. The molecule has 0 aliphatic rings. The maximum absolute atomic E-state index is 12.0. The Hall–Kier alpha value is -3.15. The van der Waals surface area contributed by atoms with Crippen molar-refractivity contribution in [3.8, 4) is 0 Å². The van der Waals surface area contributed by atoms with Crippen molar-refractivity contribution in [3.05, 3.63) is 65.7 Å². The zero-order chi connectivity index (χ0) is 16.7. The van der Waals surface area contributed by atoms with E-state index in [-0.39, 0.29) is 12.2 Å². The maximum Gasteiger partial charge on any atom is 0.338 e. The van der Waals surface area contributed by atoms with Crippen LogP contribution in [0.1, 0.15) is 27.6 Å². The van der Waals surface area contributed by atoms with Crippen LogP contribution in [0, 0.1) is 0 Å². The van der Waals surface area contributed by atoms with Crippen LogP contribution >= 0.6 is 0 Å². The Morgan fingerprint density at radius 2 is 1.52 bits per heavy atom. The van der Waals surface area contributed by atoms with Gasteiger partial charge in [-0.1, -0.05) is 18.2 Å². The molecule has 0 aliphatic heterocycles. The van der Waals surface area contributed by atoms with E-state index in [1.54, 1.807) is 31.2 Å². The topological polar surface area (TPSA) is 84.5 Å². The van der Waals surface area contributed by atoms with Crippen LogP contribution in [0.5, 0.6) is 0 Å². The summed E-state index contributed by atoms with van der Waals surface area (Å²) in [5.74, 6) is -1.02. The number of esters is 1. The van der Waals surface area contributed by atoms with Gasteiger partial charge < -0.3 is 10.1 Å². The minimum atomic E-state index is -0.629. The minimum Gasteiger partial charge on any atom is -0.462 e. The average molecular weight is 313 g/mol. The number of imide groups is 1. The summed E-state index contributed by atoms with van der Waals surface area (Å²) >= 11 is 0. The van der Waals surface area contributed by atoms with Gasteiger partial charge in [0, 0.05) is 11.3 Å². The van der Waals surface area contributed by atoms with Gasteiger partial charge in [0.25, 0.3) is 5.91 Å². The Morgan fingerprint density at radius 3 is 2.13 bits per heavy atom. The van der Waals surface area contributed by atoms with Crippen LogP contribution in [0.25, 0.3) is 0 Å². The van der Waals surface area contributed by atoms with Crippen LogP contribution < -0.4 is 10.6 Å². The van der Waals surface area contributed by atoms with Crippen molar-refractivity contribution in [2.45, 2.75) is 6.92 Å². The summed E-state index contributed by atoms with van der Waals surface area (Å²) in [4.78, 5) is 35.2. The lowest BCUT2D eigenvalue weighted by atomic mass is 10.2. The molecule has 3 amide bonds. The van der Waals surface area contributed by atoms with Gasteiger partial charge in [-0.3, -0.25) is 10.1 Å². The van der Waals surface area contributed by atoms with Gasteiger partial charge in [0.15, 0.2) is 0 Å². The third-order valence-electron chi connectivity index (χ3n) is 2.92. The zero-order valence-electron chi connectivity index (χ0n) is 12.5. The van der Waals surface area contributed by atoms with Crippen molar-refractivity contribution in [2.24, 2.45) is 0 Å². The van der Waals surface area contributed by atoms with Crippen molar-refractivity contribution < 1.29 is 19.1 Å². The van der Waals surface area contributed by atoms with Gasteiger partial charge in [-0.25, -0.2) is 9.59 Å². The standard InChI is InChI=1S/C17H16N2O4/c1-2-23-16(21)13-10-8-12(9-11-13)15(20)19-17(22)18-14-6-4-3-5-7-14/h3-11H,2H2,1H3,(H2,18,19,20,22)/i15+1. The highest BCUT2D eigenvalue weighted by molar-refractivity contribution is 6.08. The molecule has 0 radical (unpaired) electrons. The molecule has 6 nitrogen and oxygen atoms in total. The summed E-state index contributed by atoms with van der Waals surface area (Å²) in [7, 11) is 0. The molecule has 0 fully saturated rings. The molecule has 6 heteroatoms. The highest BCUT2D eigenvalue weighted by Gasteiger charge is 2.12. The lowest BCUT2D eigenvalue weighted by molar-refractivity contribution is 0.0526. The van der Waals surface area contributed by atoms with E-state index in [2.05, 4.69) is 10.6 Å². The molecular weight excluding hydrogens is 297 g/mol. The third kappa shape index (κ3) is 4.67. The number of amides is 3. The average Bonchev–Trinajstić information content (AvgIpc) is 2.56. The predicted octanol–water partition coefficient (Wildman–Crippen LogP) is 2.83. The van der Waals surface area contributed by atoms with Gasteiger partial charge in [-0.05, 0) is 43.3 Å². The molecule has 0 unspecified atom stereocenters. The van der Waals surface area contributed by atoms with Gasteiger partial charge >= 0.3 is 12.0 Å². The quantitative estimate of drug-likeness (QED) is 0.671. The van der Waals surface area contributed by atoms with Gasteiger partial charge in [-0.15, -0.1) is 0 Å². The van der Waals surface area contributed by atoms with E-state index in [9.17, 15) is 14.4 Å². The molecule has 0 saturated heterocycles. The number of ether oxygens (including phenoxy) is 1. The fourth-order valence-corrected chi connectivity index (χ4v) is 1.83. The maximum atomic E-state index is 12.0. The molecule has 0 saturated carbocycles. The van der Waals surface area contributed by atoms with Gasteiger partial charge in [0.2, 0.25) is 0 Å². The minimum absolute atomic E-state index is 0.265. The summed E-state index contributed by atoms with van der Waals surface area (Å²) in [5, 5.41) is 4.76. The highest BCUT2D eigenvalue weighted by Crippen LogP contribution is 2.07. The Morgan fingerprint density at radius 1 is 0.913 bits per heavy atom. The van der Waals surface area contributed by atoms with Crippen LogP contribution in [0.2, 0.25) is 0 Å². The third-order valence-corrected chi connectivity index (χ3v) is 2.92. The van der Waals surface area contributed by atoms with Crippen molar-refractivity contribution in [1.82, 2.24) is 5.32 Å². The van der Waals surface area contributed by atoms with E-state index >= 15 is 0 Å². The molecule has 23 heavy (non-hydrogen) atoms. The van der Waals surface area contributed by atoms with Gasteiger partial charge in [0.05, 0.1) is 12.2 Å². The first-order valence-electron chi connectivity index (χ1n) is 7.04. The molecule has 118 valence electrons. The van der Waals surface area contributed by atoms with Crippen molar-refractivity contribution in [2.75, 3.05) is 11.9 Å². The van der Waals surface area contributed by atoms with Crippen LogP contribution in [0.4, 0.5) is 10.5 Å². The monoisotopic (exact) mass is 313 g/mol. The summed E-state index contributed by atoms with van der Waals surface area (Å²) in [6.07, 6.45) is 0. The first kappa shape index (κ1) is 16.2. The van der Waals surface area contributed by atoms with Gasteiger partial charge in [-0.2, -0.15) is 0 Å². The summed E-state index contributed by atoms with van der Waals surface area (Å²) in [6, 6.07) is 14.0. The number of carbonyl (C=O) groups excluding carboxylic acids is 3. The molecule has 0 aliphatic carbocycles. The summed E-state index contributed by atoms with van der Waals surface area (Å²) < 4.78 is 4.86. The predicted molar refractivity (Wildman–Crippen MR) is 85.3 cm³/mol. The molecule has 2 aromatic carbocycles. The fourth-order valence-electron chi connectivity index (χ4n) is 1.83. The number of nitrogens with one attached hydrogen (secondary N) is 2. The second kappa shape index (κ2) is 7.74. The van der Waals surface area contributed by atoms with Crippen molar-refractivity contribution in [3.63, 3.8) is 0 Å².